The summed E-state index contributed by atoms with van der Waals surface area (Å²) in [5.41, 5.74) is 0.950. The van der Waals surface area contributed by atoms with Crippen molar-refractivity contribution in [1.82, 2.24) is 15.2 Å². The molecule has 0 spiro atoms. The molecule has 1 unspecified atom stereocenters. The maximum atomic E-state index is 12.4. The number of rotatable bonds is 4. The van der Waals surface area contributed by atoms with Crippen molar-refractivity contribution in [2.75, 3.05) is 13.1 Å². The molecule has 1 N–H and O–H groups in total. The standard InChI is InChI=1S/C14H21N3O/c1-11(2)17(10-13-5-3-4-7-16-13)14(18)12-6-8-15-9-12/h3-5,7,11-12,15H,6,8-10H2,1-2H3. The summed E-state index contributed by atoms with van der Waals surface area (Å²) in [7, 11) is 0. The molecule has 0 radical (unpaired) electrons. The van der Waals surface area contributed by atoms with Gasteiger partial charge in [-0.3, -0.25) is 9.78 Å². The highest BCUT2D eigenvalue weighted by Crippen LogP contribution is 2.16. The van der Waals surface area contributed by atoms with Gasteiger partial charge in [-0.2, -0.15) is 0 Å². The smallest absolute Gasteiger partial charge is 0.227 e. The molecule has 1 atom stereocenters. The van der Waals surface area contributed by atoms with Gasteiger partial charge in [0.05, 0.1) is 18.2 Å². The minimum atomic E-state index is 0.135. The number of hydrogen-bond donors (Lipinski definition) is 1. The third kappa shape index (κ3) is 3.07. The van der Waals surface area contributed by atoms with E-state index >= 15 is 0 Å². The van der Waals surface area contributed by atoms with Gasteiger partial charge in [-0.1, -0.05) is 6.07 Å². The van der Waals surface area contributed by atoms with Gasteiger partial charge in [-0.25, -0.2) is 0 Å². The normalized spacial score (nSPS) is 19.2. The van der Waals surface area contributed by atoms with Crippen molar-refractivity contribution >= 4 is 5.91 Å². The van der Waals surface area contributed by atoms with Crippen LogP contribution in [0.4, 0.5) is 0 Å². The third-order valence-electron chi connectivity index (χ3n) is 3.37. The Labute approximate surface area is 108 Å². The van der Waals surface area contributed by atoms with Crippen molar-refractivity contribution in [1.29, 1.82) is 0 Å². The summed E-state index contributed by atoms with van der Waals surface area (Å²) in [6.45, 7) is 6.48. The highest BCUT2D eigenvalue weighted by Gasteiger charge is 2.28. The maximum Gasteiger partial charge on any atom is 0.227 e. The predicted octanol–water partition coefficient (Wildman–Crippen LogP) is 1.43. The lowest BCUT2D eigenvalue weighted by atomic mass is 10.1. The van der Waals surface area contributed by atoms with Gasteiger partial charge in [-0.05, 0) is 38.9 Å². The Kier molecular flexibility index (Phi) is 4.31. The number of nitrogens with one attached hydrogen (secondary N) is 1. The molecule has 0 saturated carbocycles. The second-order valence-corrected chi connectivity index (χ2v) is 5.07. The Morgan fingerprint density at radius 3 is 2.94 bits per heavy atom. The van der Waals surface area contributed by atoms with Crippen LogP contribution in [0.2, 0.25) is 0 Å². The van der Waals surface area contributed by atoms with Crippen LogP contribution in [0.15, 0.2) is 24.4 Å². The zero-order valence-electron chi connectivity index (χ0n) is 11.1. The van der Waals surface area contributed by atoms with Crippen molar-refractivity contribution in [2.45, 2.75) is 32.9 Å². The van der Waals surface area contributed by atoms with Crippen LogP contribution in [0.3, 0.4) is 0 Å². The molecule has 1 amide bonds. The van der Waals surface area contributed by atoms with Crippen LogP contribution < -0.4 is 5.32 Å². The summed E-state index contributed by atoms with van der Waals surface area (Å²) < 4.78 is 0. The Morgan fingerprint density at radius 1 is 1.56 bits per heavy atom. The molecule has 0 bridgehead atoms. The fourth-order valence-electron chi connectivity index (χ4n) is 2.28. The van der Waals surface area contributed by atoms with Crippen molar-refractivity contribution in [3.63, 3.8) is 0 Å². The van der Waals surface area contributed by atoms with Gasteiger partial charge in [-0.15, -0.1) is 0 Å². The lowest BCUT2D eigenvalue weighted by Gasteiger charge is -2.28. The van der Waals surface area contributed by atoms with Gasteiger partial charge in [0.2, 0.25) is 5.91 Å². The number of hydrogen-bond acceptors (Lipinski definition) is 3. The van der Waals surface area contributed by atoms with Crippen molar-refractivity contribution in [2.24, 2.45) is 5.92 Å². The Hall–Kier alpha value is -1.42. The Balaban J connectivity index is 2.06. The molecule has 1 aliphatic rings. The van der Waals surface area contributed by atoms with E-state index in [-0.39, 0.29) is 17.9 Å². The monoisotopic (exact) mass is 247 g/mol. The van der Waals surface area contributed by atoms with Gasteiger partial charge in [0.25, 0.3) is 0 Å². The first-order valence-electron chi connectivity index (χ1n) is 6.59. The minimum absolute atomic E-state index is 0.135. The fourth-order valence-corrected chi connectivity index (χ4v) is 2.28. The SMILES string of the molecule is CC(C)N(Cc1ccccn1)C(=O)C1CCNC1. The summed E-state index contributed by atoms with van der Waals surface area (Å²) in [6, 6.07) is 6.03. The molecule has 2 rings (SSSR count). The molecule has 98 valence electrons. The fraction of sp³-hybridized carbons (Fsp3) is 0.571. The van der Waals surface area contributed by atoms with Crippen molar-refractivity contribution < 1.29 is 4.79 Å². The molecule has 4 heteroatoms. The molecule has 0 aliphatic carbocycles. The van der Waals surface area contributed by atoms with Crippen LogP contribution in [-0.2, 0) is 11.3 Å². The molecule has 1 aromatic rings. The van der Waals surface area contributed by atoms with Crippen LogP contribution >= 0.6 is 0 Å². The van der Waals surface area contributed by atoms with Crippen molar-refractivity contribution in [3.8, 4) is 0 Å². The molecule has 2 heterocycles. The second kappa shape index (κ2) is 5.96. The summed E-state index contributed by atoms with van der Waals surface area (Å²) in [5.74, 6) is 0.386. The first-order valence-corrected chi connectivity index (χ1v) is 6.59. The number of pyridine rings is 1. The summed E-state index contributed by atoms with van der Waals surface area (Å²) in [6.07, 6.45) is 2.72. The highest BCUT2D eigenvalue weighted by atomic mass is 16.2. The number of amides is 1. The molecule has 18 heavy (non-hydrogen) atoms. The van der Waals surface area contributed by atoms with Gasteiger partial charge < -0.3 is 10.2 Å². The van der Waals surface area contributed by atoms with E-state index in [4.69, 9.17) is 0 Å². The van der Waals surface area contributed by atoms with Gasteiger partial charge in [0.15, 0.2) is 0 Å². The molecule has 4 nitrogen and oxygen atoms in total. The third-order valence-corrected chi connectivity index (χ3v) is 3.37. The number of carbonyl (C=O) groups is 1. The summed E-state index contributed by atoms with van der Waals surface area (Å²) in [4.78, 5) is 18.7. The first-order chi connectivity index (χ1) is 8.68. The highest BCUT2D eigenvalue weighted by molar-refractivity contribution is 5.79. The second-order valence-electron chi connectivity index (χ2n) is 5.07. The largest absolute Gasteiger partial charge is 0.334 e. The van der Waals surface area contributed by atoms with E-state index in [2.05, 4.69) is 24.1 Å². The van der Waals surface area contributed by atoms with Crippen LogP contribution in [0, 0.1) is 5.92 Å². The quantitative estimate of drug-likeness (QED) is 0.875. The molecule has 1 fully saturated rings. The van der Waals surface area contributed by atoms with E-state index in [1.807, 2.05) is 23.1 Å². The van der Waals surface area contributed by atoms with Gasteiger partial charge in [0, 0.05) is 18.8 Å². The minimum Gasteiger partial charge on any atom is -0.334 e. The van der Waals surface area contributed by atoms with Crippen LogP contribution in [-0.4, -0.2) is 34.9 Å². The van der Waals surface area contributed by atoms with E-state index in [1.165, 1.54) is 0 Å². The first kappa shape index (κ1) is 13.0. The summed E-state index contributed by atoms with van der Waals surface area (Å²) >= 11 is 0. The average Bonchev–Trinajstić information content (AvgIpc) is 2.90. The average molecular weight is 247 g/mol. The predicted molar refractivity (Wildman–Crippen MR) is 70.9 cm³/mol. The molecule has 1 aliphatic heterocycles. The Bertz CT molecular complexity index is 385. The Morgan fingerprint density at radius 2 is 2.39 bits per heavy atom. The zero-order valence-corrected chi connectivity index (χ0v) is 11.1. The van der Waals surface area contributed by atoms with Crippen LogP contribution in [0.25, 0.3) is 0 Å². The molecule has 0 aromatic carbocycles. The number of carbonyl (C=O) groups excluding carboxylic acids is 1. The molecular formula is C14H21N3O. The molecule has 1 aromatic heterocycles. The van der Waals surface area contributed by atoms with E-state index in [0.29, 0.717) is 6.54 Å². The summed E-state index contributed by atoms with van der Waals surface area (Å²) in [5, 5.41) is 3.25. The van der Waals surface area contributed by atoms with E-state index in [9.17, 15) is 4.79 Å². The maximum absolute atomic E-state index is 12.4. The number of nitrogens with zero attached hydrogens (tertiary/aromatic N) is 2. The topological polar surface area (TPSA) is 45.2 Å². The van der Waals surface area contributed by atoms with E-state index < -0.39 is 0 Å². The van der Waals surface area contributed by atoms with E-state index in [1.54, 1.807) is 6.20 Å². The van der Waals surface area contributed by atoms with Gasteiger partial charge >= 0.3 is 0 Å². The van der Waals surface area contributed by atoms with Crippen molar-refractivity contribution in [3.05, 3.63) is 30.1 Å². The lowest BCUT2D eigenvalue weighted by molar-refractivity contribution is -0.137. The van der Waals surface area contributed by atoms with Crippen LogP contribution in [0.5, 0.6) is 0 Å². The lowest BCUT2D eigenvalue weighted by Crippen LogP contribution is -2.41. The zero-order chi connectivity index (χ0) is 13.0. The van der Waals surface area contributed by atoms with Crippen LogP contribution in [0.1, 0.15) is 26.0 Å². The number of aromatic nitrogens is 1. The molecular weight excluding hydrogens is 226 g/mol. The van der Waals surface area contributed by atoms with Gasteiger partial charge in [0.1, 0.15) is 0 Å². The molecule has 1 saturated heterocycles. The van der Waals surface area contributed by atoms with E-state index in [0.717, 1.165) is 25.2 Å².